The lowest BCUT2D eigenvalue weighted by Crippen LogP contribution is -2.39. The van der Waals surface area contributed by atoms with Crippen LogP contribution in [0, 0.1) is 6.92 Å². The van der Waals surface area contributed by atoms with Gasteiger partial charge in [-0.15, -0.1) is 0 Å². The molecule has 0 radical (unpaired) electrons. The molecular formula is C18H25N3. The molecule has 0 saturated heterocycles. The molecule has 21 heavy (non-hydrogen) atoms. The Labute approximate surface area is 126 Å². The highest BCUT2D eigenvalue weighted by molar-refractivity contribution is 5.77. The maximum atomic E-state index is 6.87. The van der Waals surface area contributed by atoms with Crippen molar-refractivity contribution in [3.05, 3.63) is 29.6 Å². The molecule has 2 aromatic rings. The van der Waals surface area contributed by atoms with E-state index in [9.17, 15) is 0 Å². The SMILES string of the molecule is Cc1ccc2c(c1)nc(C1(N)CCCCCC1)n2C1CC1. The third-order valence-electron chi connectivity index (χ3n) is 5.20. The van der Waals surface area contributed by atoms with Crippen LogP contribution in [0.2, 0.25) is 0 Å². The first-order chi connectivity index (χ1) is 10.2. The summed E-state index contributed by atoms with van der Waals surface area (Å²) in [5.74, 6) is 1.16. The van der Waals surface area contributed by atoms with Crippen LogP contribution < -0.4 is 5.73 Å². The molecule has 112 valence electrons. The van der Waals surface area contributed by atoms with Gasteiger partial charge in [-0.2, -0.15) is 0 Å². The highest BCUT2D eigenvalue weighted by Crippen LogP contribution is 2.43. The van der Waals surface area contributed by atoms with Crippen LogP contribution in [-0.2, 0) is 5.54 Å². The van der Waals surface area contributed by atoms with Gasteiger partial charge in [0.05, 0.1) is 16.6 Å². The van der Waals surface area contributed by atoms with Gasteiger partial charge in [-0.05, 0) is 50.3 Å². The molecule has 3 heteroatoms. The van der Waals surface area contributed by atoms with E-state index in [0.29, 0.717) is 6.04 Å². The predicted octanol–water partition coefficient (Wildman–Crippen LogP) is 4.19. The number of hydrogen-bond acceptors (Lipinski definition) is 2. The fourth-order valence-electron chi connectivity index (χ4n) is 3.85. The number of fused-ring (bicyclic) bond motifs is 1. The Morgan fingerprint density at radius 1 is 1.14 bits per heavy atom. The highest BCUT2D eigenvalue weighted by atomic mass is 15.2. The minimum absolute atomic E-state index is 0.216. The number of aromatic nitrogens is 2. The van der Waals surface area contributed by atoms with Gasteiger partial charge in [-0.3, -0.25) is 0 Å². The first-order valence-electron chi connectivity index (χ1n) is 8.45. The summed E-state index contributed by atoms with van der Waals surface area (Å²) in [5, 5.41) is 0. The second-order valence-electron chi connectivity index (χ2n) is 7.10. The van der Waals surface area contributed by atoms with E-state index in [1.807, 2.05) is 0 Å². The van der Waals surface area contributed by atoms with E-state index in [1.54, 1.807) is 0 Å². The van der Waals surface area contributed by atoms with E-state index in [0.717, 1.165) is 24.2 Å². The van der Waals surface area contributed by atoms with Crippen LogP contribution in [-0.4, -0.2) is 9.55 Å². The van der Waals surface area contributed by atoms with Crippen molar-refractivity contribution < 1.29 is 0 Å². The zero-order valence-corrected chi connectivity index (χ0v) is 12.9. The molecule has 1 heterocycles. The number of imidazole rings is 1. The van der Waals surface area contributed by atoms with E-state index in [1.165, 1.54) is 49.6 Å². The molecule has 4 rings (SSSR count). The molecule has 2 N–H and O–H groups in total. The van der Waals surface area contributed by atoms with E-state index in [-0.39, 0.29) is 5.54 Å². The quantitative estimate of drug-likeness (QED) is 0.840. The summed E-state index contributed by atoms with van der Waals surface area (Å²) in [7, 11) is 0. The molecule has 0 unspecified atom stereocenters. The van der Waals surface area contributed by atoms with E-state index in [4.69, 9.17) is 10.7 Å². The highest BCUT2D eigenvalue weighted by Gasteiger charge is 2.37. The summed E-state index contributed by atoms with van der Waals surface area (Å²) >= 11 is 0. The maximum absolute atomic E-state index is 6.87. The third-order valence-corrected chi connectivity index (χ3v) is 5.20. The topological polar surface area (TPSA) is 43.8 Å². The van der Waals surface area contributed by atoms with Gasteiger partial charge in [0.1, 0.15) is 5.82 Å². The van der Waals surface area contributed by atoms with Crippen molar-refractivity contribution >= 4 is 11.0 Å². The number of aryl methyl sites for hydroxylation is 1. The van der Waals surface area contributed by atoms with Crippen LogP contribution in [0.1, 0.15) is 68.8 Å². The molecule has 0 atom stereocenters. The molecule has 1 aromatic heterocycles. The fraction of sp³-hybridized carbons (Fsp3) is 0.611. The van der Waals surface area contributed by atoms with Crippen LogP contribution in [0.25, 0.3) is 11.0 Å². The molecule has 2 aliphatic carbocycles. The summed E-state index contributed by atoms with van der Waals surface area (Å²) in [6.07, 6.45) is 9.85. The zero-order valence-electron chi connectivity index (χ0n) is 12.9. The number of benzene rings is 1. The van der Waals surface area contributed by atoms with Gasteiger partial charge in [-0.25, -0.2) is 4.98 Å². The van der Waals surface area contributed by atoms with E-state index >= 15 is 0 Å². The summed E-state index contributed by atoms with van der Waals surface area (Å²) < 4.78 is 2.47. The molecular weight excluding hydrogens is 258 g/mol. The molecule has 0 bridgehead atoms. The van der Waals surface area contributed by atoms with Crippen molar-refractivity contribution in [1.29, 1.82) is 0 Å². The molecule has 0 spiro atoms. The number of nitrogens with zero attached hydrogens (tertiary/aromatic N) is 2. The van der Waals surface area contributed by atoms with Gasteiger partial charge in [0, 0.05) is 6.04 Å². The van der Waals surface area contributed by atoms with E-state index in [2.05, 4.69) is 29.7 Å². The first-order valence-corrected chi connectivity index (χ1v) is 8.45. The van der Waals surface area contributed by atoms with Gasteiger partial charge in [-0.1, -0.05) is 31.7 Å². The van der Waals surface area contributed by atoms with Gasteiger partial charge in [0.2, 0.25) is 0 Å². The summed E-state index contributed by atoms with van der Waals surface area (Å²) in [6.45, 7) is 2.14. The van der Waals surface area contributed by atoms with Crippen molar-refractivity contribution in [2.45, 2.75) is 69.9 Å². The van der Waals surface area contributed by atoms with Crippen molar-refractivity contribution in [3.8, 4) is 0 Å². The fourth-order valence-corrected chi connectivity index (χ4v) is 3.85. The first kappa shape index (κ1) is 13.3. The molecule has 3 nitrogen and oxygen atoms in total. The predicted molar refractivity (Wildman–Crippen MR) is 86.3 cm³/mol. The smallest absolute Gasteiger partial charge is 0.130 e. The van der Waals surface area contributed by atoms with Crippen LogP contribution in [0.15, 0.2) is 18.2 Å². The molecule has 2 aliphatic rings. The molecule has 2 saturated carbocycles. The Bertz CT molecular complexity index is 658. The monoisotopic (exact) mass is 283 g/mol. The van der Waals surface area contributed by atoms with Gasteiger partial charge >= 0.3 is 0 Å². The Balaban J connectivity index is 1.88. The second kappa shape index (κ2) is 4.84. The third kappa shape index (κ3) is 2.28. The standard InChI is InChI=1S/C18H25N3/c1-13-6-9-16-15(12-13)20-17(21(16)14-7-8-14)18(19)10-4-2-3-5-11-18/h6,9,12,14H,2-5,7-8,10-11,19H2,1H3. The molecule has 0 amide bonds. The molecule has 1 aromatic carbocycles. The van der Waals surface area contributed by atoms with E-state index < -0.39 is 0 Å². The average Bonchev–Trinajstić information content (AvgIpc) is 3.25. The summed E-state index contributed by atoms with van der Waals surface area (Å²) in [6, 6.07) is 7.27. The summed E-state index contributed by atoms with van der Waals surface area (Å²) in [5.41, 5.74) is 10.3. The lowest BCUT2D eigenvalue weighted by atomic mass is 9.90. The van der Waals surface area contributed by atoms with Crippen LogP contribution >= 0.6 is 0 Å². The maximum Gasteiger partial charge on any atom is 0.130 e. The number of nitrogens with two attached hydrogens (primary N) is 1. The van der Waals surface area contributed by atoms with Crippen LogP contribution in [0.3, 0.4) is 0 Å². The minimum atomic E-state index is -0.216. The van der Waals surface area contributed by atoms with Gasteiger partial charge in [0.25, 0.3) is 0 Å². The molecule has 2 fully saturated rings. The Morgan fingerprint density at radius 2 is 1.86 bits per heavy atom. The van der Waals surface area contributed by atoms with Crippen LogP contribution in [0.5, 0.6) is 0 Å². The van der Waals surface area contributed by atoms with Gasteiger partial charge < -0.3 is 10.3 Å². The number of rotatable bonds is 2. The average molecular weight is 283 g/mol. The van der Waals surface area contributed by atoms with Crippen LogP contribution in [0.4, 0.5) is 0 Å². The normalized spacial score (nSPS) is 22.4. The van der Waals surface area contributed by atoms with Crippen molar-refractivity contribution in [3.63, 3.8) is 0 Å². The second-order valence-corrected chi connectivity index (χ2v) is 7.10. The van der Waals surface area contributed by atoms with Crippen molar-refractivity contribution in [2.24, 2.45) is 5.73 Å². The van der Waals surface area contributed by atoms with Crippen molar-refractivity contribution in [2.75, 3.05) is 0 Å². The lowest BCUT2D eigenvalue weighted by molar-refractivity contribution is 0.349. The minimum Gasteiger partial charge on any atom is -0.323 e. The molecule has 0 aliphatic heterocycles. The number of hydrogen-bond donors (Lipinski definition) is 1. The Kier molecular flexibility index (Phi) is 3.07. The summed E-state index contributed by atoms with van der Waals surface area (Å²) in [4.78, 5) is 5.01. The Morgan fingerprint density at radius 3 is 2.52 bits per heavy atom. The zero-order chi connectivity index (χ0) is 14.4. The lowest BCUT2D eigenvalue weighted by Gasteiger charge is -2.28. The van der Waals surface area contributed by atoms with Gasteiger partial charge in [0.15, 0.2) is 0 Å². The van der Waals surface area contributed by atoms with Crippen molar-refractivity contribution in [1.82, 2.24) is 9.55 Å². The Hall–Kier alpha value is -1.35. The largest absolute Gasteiger partial charge is 0.323 e.